The van der Waals surface area contributed by atoms with Crippen LogP contribution in [0, 0.1) is 6.92 Å². The number of rotatable bonds is 5. The van der Waals surface area contributed by atoms with E-state index in [0.29, 0.717) is 16.6 Å². The fourth-order valence-corrected chi connectivity index (χ4v) is 7.75. The molecule has 33 heavy (non-hydrogen) atoms. The molecule has 3 aromatic rings. The normalized spacial score (nSPS) is 20.5. The Balaban J connectivity index is 1.48. The van der Waals surface area contributed by atoms with Crippen LogP contribution in [0.2, 0.25) is 0 Å². The van der Waals surface area contributed by atoms with Gasteiger partial charge in [0.15, 0.2) is 9.84 Å². The zero-order chi connectivity index (χ0) is 23.2. The molecule has 9 heteroatoms. The smallest absolute Gasteiger partial charge is 0.263 e. The van der Waals surface area contributed by atoms with Crippen molar-refractivity contribution in [1.29, 1.82) is 0 Å². The SMILES string of the molecule is Cc1ccc(-c2csc3ncn(CC(=O)N(C4CCCC4)[C@@H]4CCS(=O)(=O)C4)c(=O)c23)cc1. The summed E-state index contributed by atoms with van der Waals surface area (Å²) in [6.07, 6.45) is 5.76. The monoisotopic (exact) mass is 485 g/mol. The topological polar surface area (TPSA) is 89.3 Å². The third-order valence-electron chi connectivity index (χ3n) is 6.84. The number of nitrogens with zero attached hydrogens (tertiary/aromatic N) is 3. The predicted octanol–water partition coefficient (Wildman–Crippen LogP) is 3.39. The lowest BCUT2D eigenvalue weighted by atomic mass is 10.1. The standard InChI is InChI=1S/C24H27N3O4S2/c1-16-6-8-17(9-7-16)20-13-32-23-22(20)24(29)26(15-25-23)12-21(28)27(18-4-2-3-5-18)19-10-11-33(30,31)14-19/h6-9,13,15,18-19H,2-5,10-12,14H2,1H3/t19-/m1/s1. The average molecular weight is 486 g/mol. The molecule has 0 spiro atoms. The summed E-state index contributed by atoms with van der Waals surface area (Å²) in [4.78, 5) is 33.8. The van der Waals surface area contributed by atoms with Gasteiger partial charge < -0.3 is 4.90 Å². The summed E-state index contributed by atoms with van der Waals surface area (Å²) in [6.45, 7) is 1.89. The maximum atomic E-state index is 13.5. The van der Waals surface area contributed by atoms with E-state index in [9.17, 15) is 18.0 Å². The zero-order valence-corrected chi connectivity index (χ0v) is 20.2. The number of benzene rings is 1. The summed E-state index contributed by atoms with van der Waals surface area (Å²) in [6, 6.07) is 7.73. The van der Waals surface area contributed by atoms with Gasteiger partial charge in [-0.25, -0.2) is 13.4 Å². The molecule has 5 rings (SSSR count). The van der Waals surface area contributed by atoms with Gasteiger partial charge in [0, 0.05) is 23.0 Å². The number of hydrogen-bond acceptors (Lipinski definition) is 6. The first-order valence-electron chi connectivity index (χ1n) is 11.4. The van der Waals surface area contributed by atoms with Crippen LogP contribution < -0.4 is 5.56 Å². The van der Waals surface area contributed by atoms with E-state index >= 15 is 0 Å². The molecule has 1 aliphatic heterocycles. The first-order valence-corrected chi connectivity index (χ1v) is 14.1. The van der Waals surface area contributed by atoms with Crippen LogP contribution in [-0.2, 0) is 21.2 Å². The van der Waals surface area contributed by atoms with Crippen LogP contribution in [0.4, 0.5) is 0 Å². The molecule has 0 radical (unpaired) electrons. The van der Waals surface area contributed by atoms with Crippen molar-refractivity contribution in [2.75, 3.05) is 11.5 Å². The number of fused-ring (bicyclic) bond motifs is 1. The van der Waals surface area contributed by atoms with E-state index < -0.39 is 9.84 Å². The summed E-state index contributed by atoms with van der Waals surface area (Å²) in [5, 5.41) is 2.46. The molecule has 2 aromatic heterocycles. The highest BCUT2D eigenvalue weighted by atomic mass is 32.2. The van der Waals surface area contributed by atoms with Gasteiger partial charge in [-0.3, -0.25) is 14.2 Å². The maximum absolute atomic E-state index is 13.5. The van der Waals surface area contributed by atoms with Crippen molar-refractivity contribution in [2.45, 2.75) is 57.7 Å². The molecule has 1 amide bonds. The molecule has 1 aliphatic carbocycles. The maximum Gasteiger partial charge on any atom is 0.263 e. The van der Waals surface area contributed by atoms with Gasteiger partial charge in [-0.1, -0.05) is 42.7 Å². The molecule has 1 atom stereocenters. The van der Waals surface area contributed by atoms with Crippen LogP contribution in [0.15, 0.2) is 40.8 Å². The Morgan fingerprint density at radius 1 is 1.15 bits per heavy atom. The van der Waals surface area contributed by atoms with Crippen molar-refractivity contribution < 1.29 is 13.2 Å². The first kappa shape index (κ1) is 22.3. The number of aryl methyl sites for hydroxylation is 1. The Labute approximate surface area is 197 Å². The summed E-state index contributed by atoms with van der Waals surface area (Å²) in [7, 11) is -3.12. The lowest BCUT2D eigenvalue weighted by Gasteiger charge is -2.34. The van der Waals surface area contributed by atoms with Crippen molar-refractivity contribution in [3.05, 3.63) is 51.9 Å². The highest BCUT2D eigenvalue weighted by Gasteiger charge is 2.39. The molecular formula is C24H27N3O4S2. The molecule has 7 nitrogen and oxygen atoms in total. The number of carbonyl (C=O) groups is 1. The van der Waals surface area contributed by atoms with Crippen LogP contribution in [0.25, 0.3) is 21.3 Å². The van der Waals surface area contributed by atoms with Gasteiger partial charge in [0.25, 0.3) is 5.56 Å². The van der Waals surface area contributed by atoms with E-state index in [1.54, 1.807) is 4.90 Å². The van der Waals surface area contributed by atoms with Crippen LogP contribution in [0.1, 0.15) is 37.7 Å². The van der Waals surface area contributed by atoms with Crippen molar-refractivity contribution in [1.82, 2.24) is 14.5 Å². The second-order valence-corrected chi connectivity index (χ2v) is 12.3. The first-order chi connectivity index (χ1) is 15.8. The molecular weight excluding hydrogens is 458 g/mol. The second-order valence-electron chi connectivity index (χ2n) is 9.17. The van der Waals surface area contributed by atoms with Gasteiger partial charge in [0.05, 0.1) is 23.2 Å². The third kappa shape index (κ3) is 4.36. The van der Waals surface area contributed by atoms with E-state index in [4.69, 9.17) is 0 Å². The van der Waals surface area contributed by atoms with Gasteiger partial charge in [-0.05, 0) is 31.7 Å². The molecule has 0 N–H and O–H groups in total. The number of sulfone groups is 1. The van der Waals surface area contributed by atoms with Gasteiger partial charge in [0.2, 0.25) is 5.91 Å². The van der Waals surface area contributed by atoms with Gasteiger partial charge in [-0.15, -0.1) is 11.3 Å². The summed E-state index contributed by atoms with van der Waals surface area (Å²) >= 11 is 1.42. The molecule has 1 saturated heterocycles. The molecule has 1 aromatic carbocycles. The summed E-state index contributed by atoms with van der Waals surface area (Å²) in [5.41, 5.74) is 2.67. The molecule has 1 saturated carbocycles. The van der Waals surface area contributed by atoms with Crippen molar-refractivity contribution in [3.8, 4) is 11.1 Å². The number of thiophene rings is 1. The number of carbonyl (C=O) groups excluding carboxylic acids is 1. The highest BCUT2D eigenvalue weighted by Crippen LogP contribution is 2.31. The van der Waals surface area contributed by atoms with Crippen LogP contribution in [0.5, 0.6) is 0 Å². The fraction of sp³-hybridized carbons (Fsp3) is 0.458. The summed E-state index contributed by atoms with van der Waals surface area (Å²) < 4.78 is 25.6. The molecule has 2 fully saturated rings. The van der Waals surface area contributed by atoms with Crippen molar-refractivity contribution in [3.63, 3.8) is 0 Å². The second kappa shape index (κ2) is 8.68. The zero-order valence-electron chi connectivity index (χ0n) is 18.6. The molecule has 3 heterocycles. The minimum Gasteiger partial charge on any atom is -0.334 e. The minimum atomic E-state index is -3.12. The van der Waals surface area contributed by atoms with Crippen LogP contribution in [0.3, 0.4) is 0 Å². The van der Waals surface area contributed by atoms with E-state index in [-0.39, 0.29) is 41.6 Å². The molecule has 2 aliphatic rings. The van der Waals surface area contributed by atoms with E-state index in [1.807, 2.05) is 36.6 Å². The summed E-state index contributed by atoms with van der Waals surface area (Å²) in [5.74, 6) is -0.0562. The van der Waals surface area contributed by atoms with Crippen molar-refractivity contribution >= 4 is 37.3 Å². The highest BCUT2D eigenvalue weighted by molar-refractivity contribution is 7.91. The number of amides is 1. The molecule has 0 unspecified atom stereocenters. The van der Waals surface area contributed by atoms with Crippen LogP contribution >= 0.6 is 11.3 Å². The Kier molecular flexibility index (Phi) is 5.86. The number of hydrogen-bond donors (Lipinski definition) is 0. The Morgan fingerprint density at radius 2 is 1.88 bits per heavy atom. The average Bonchev–Trinajstić information content (AvgIpc) is 3.52. The minimum absolute atomic E-state index is 0.0174. The van der Waals surface area contributed by atoms with Gasteiger partial charge in [-0.2, -0.15) is 0 Å². The van der Waals surface area contributed by atoms with Gasteiger partial charge in [0.1, 0.15) is 11.4 Å². The Bertz CT molecular complexity index is 1350. The Hall–Kier alpha value is -2.52. The van der Waals surface area contributed by atoms with E-state index in [2.05, 4.69) is 4.98 Å². The van der Waals surface area contributed by atoms with Gasteiger partial charge >= 0.3 is 0 Å². The lowest BCUT2D eigenvalue weighted by Crippen LogP contribution is -2.49. The third-order valence-corrected chi connectivity index (χ3v) is 9.47. The van der Waals surface area contributed by atoms with E-state index in [0.717, 1.165) is 42.4 Å². The van der Waals surface area contributed by atoms with E-state index in [1.165, 1.54) is 22.2 Å². The predicted molar refractivity (Wildman–Crippen MR) is 130 cm³/mol. The number of aromatic nitrogens is 2. The molecule has 174 valence electrons. The quantitative estimate of drug-likeness (QED) is 0.553. The van der Waals surface area contributed by atoms with Crippen molar-refractivity contribution in [2.24, 2.45) is 0 Å². The van der Waals surface area contributed by atoms with Crippen LogP contribution in [-0.4, -0.2) is 52.4 Å². The fourth-order valence-electron chi connectivity index (χ4n) is 5.14. The Morgan fingerprint density at radius 3 is 2.55 bits per heavy atom. The molecule has 0 bridgehead atoms. The lowest BCUT2D eigenvalue weighted by molar-refractivity contribution is -0.136. The largest absolute Gasteiger partial charge is 0.334 e.